The number of benzene rings is 2. The van der Waals surface area contributed by atoms with Gasteiger partial charge in [-0.15, -0.1) is 0 Å². The number of fused-ring (bicyclic) bond motifs is 1. The third-order valence-corrected chi connectivity index (χ3v) is 4.28. The number of para-hydroxylation sites is 1. The van der Waals surface area contributed by atoms with Crippen molar-refractivity contribution in [3.05, 3.63) is 58.8 Å². The highest BCUT2D eigenvalue weighted by atomic mass is 35.5. The Bertz CT molecular complexity index is 902. The largest absolute Gasteiger partial charge is 0.493 e. The summed E-state index contributed by atoms with van der Waals surface area (Å²) in [5, 5.41) is 4.24. The predicted molar refractivity (Wildman–Crippen MR) is 101 cm³/mol. The van der Waals surface area contributed by atoms with Crippen molar-refractivity contribution in [3.8, 4) is 11.5 Å². The summed E-state index contributed by atoms with van der Waals surface area (Å²) in [5.74, 6) is 1.25. The lowest BCUT2D eigenvalue weighted by molar-refractivity contribution is 0.0935. The smallest absolute Gasteiger partial charge is 0.252 e. The molecule has 1 heterocycles. The van der Waals surface area contributed by atoms with E-state index in [1.807, 2.05) is 44.2 Å². The molecule has 1 aromatic heterocycles. The summed E-state index contributed by atoms with van der Waals surface area (Å²) in [6, 6.07) is 12.5. The van der Waals surface area contributed by atoms with E-state index in [9.17, 15) is 4.79 Å². The molecule has 0 fully saturated rings. The number of carbonyl (C=O) groups excluding carboxylic acids is 1. The fourth-order valence-corrected chi connectivity index (χ4v) is 2.97. The minimum atomic E-state index is -0.300. The number of hydrogen-bond donors (Lipinski definition) is 1. The summed E-state index contributed by atoms with van der Waals surface area (Å²) in [7, 11) is 1.51. The van der Waals surface area contributed by atoms with Crippen molar-refractivity contribution >= 4 is 28.5 Å². The van der Waals surface area contributed by atoms with E-state index >= 15 is 0 Å². The number of ether oxygens (including phenoxy) is 2. The van der Waals surface area contributed by atoms with E-state index in [-0.39, 0.29) is 11.9 Å². The second-order valence-electron chi connectivity index (χ2n) is 5.80. The molecule has 0 aliphatic carbocycles. The summed E-state index contributed by atoms with van der Waals surface area (Å²) < 4.78 is 16.6. The SMILES string of the molecule is CCOc1c(Cl)cc(C(=O)N[C@@H](C)c2cc3ccccc3o2)cc1OC. The van der Waals surface area contributed by atoms with Crippen LogP contribution in [0.25, 0.3) is 11.0 Å². The molecule has 6 heteroatoms. The minimum Gasteiger partial charge on any atom is -0.493 e. The number of methoxy groups -OCH3 is 1. The van der Waals surface area contributed by atoms with Crippen LogP contribution in [0.15, 0.2) is 46.9 Å². The first-order chi connectivity index (χ1) is 12.5. The average Bonchev–Trinajstić information content (AvgIpc) is 3.07. The summed E-state index contributed by atoms with van der Waals surface area (Å²) in [6.45, 7) is 4.17. The Labute approximate surface area is 156 Å². The number of amides is 1. The Morgan fingerprint density at radius 3 is 2.73 bits per heavy atom. The Balaban J connectivity index is 1.81. The molecule has 3 rings (SSSR count). The van der Waals surface area contributed by atoms with E-state index in [0.717, 1.165) is 11.0 Å². The van der Waals surface area contributed by atoms with Crippen LogP contribution >= 0.6 is 11.6 Å². The average molecular weight is 374 g/mol. The van der Waals surface area contributed by atoms with Crippen molar-refractivity contribution in [3.63, 3.8) is 0 Å². The third kappa shape index (κ3) is 3.63. The Kier molecular flexibility index (Phi) is 5.38. The Hall–Kier alpha value is -2.66. The van der Waals surface area contributed by atoms with E-state index in [1.165, 1.54) is 7.11 Å². The Morgan fingerprint density at radius 2 is 2.04 bits per heavy atom. The molecule has 1 atom stereocenters. The van der Waals surface area contributed by atoms with Crippen molar-refractivity contribution in [2.45, 2.75) is 19.9 Å². The fraction of sp³-hybridized carbons (Fsp3) is 0.250. The van der Waals surface area contributed by atoms with E-state index in [2.05, 4.69) is 5.32 Å². The summed E-state index contributed by atoms with van der Waals surface area (Å²) in [5.41, 5.74) is 1.17. The molecular formula is C20H20ClNO4. The van der Waals surface area contributed by atoms with E-state index < -0.39 is 0 Å². The van der Waals surface area contributed by atoms with Gasteiger partial charge in [0.2, 0.25) is 0 Å². The zero-order valence-electron chi connectivity index (χ0n) is 14.8. The third-order valence-electron chi connectivity index (χ3n) is 4.00. The maximum absolute atomic E-state index is 12.6. The molecule has 0 aliphatic rings. The van der Waals surface area contributed by atoms with Crippen molar-refractivity contribution in [2.75, 3.05) is 13.7 Å². The van der Waals surface area contributed by atoms with Crippen LogP contribution in [-0.2, 0) is 0 Å². The minimum absolute atomic E-state index is 0.277. The van der Waals surface area contributed by atoms with Crippen LogP contribution in [-0.4, -0.2) is 19.6 Å². The molecule has 136 valence electrons. The maximum Gasteiger partial charge on any atom is 0.252 e. The van der Waals surface area contributed by atoms with E-state index in [1.54, 1.807) is 12.1 Å². The highest BCUT2D eigenvalue weighted by molar-refractivity contribution is 6.32. The fourth-order valence-electron chi connectivity index (χ4n) is 2.70. The van der Waals surface area contributed by atoms with Crippen molar-refractivity contribution < 1.29 is 18.7 Å². The first kappa shape index (κ1) is 18.1. The monoisotopic (exact) mass is 373 g/mol. The zero-order valence-corrected chi connectivity index (χ0v) is 15.6. The molecular weight excluding hydrogens is 354 g/mol. The summed E-state index contributed by atoms with van der Waals surface area (Å²) >= 11 is 6.24. The van der Waals surface area contributed by atoms with E-state index in [0.29, 0.717) is 34.5 Å². The molecule has 2 aromatic carbocycles. The highest BCUT2D eigenvalue weighted by Crippen LogP contribution is 2.36. The van der Waals surface area contributed by atoms with Gasteiger partial charge < -0.3 is 19.2 Å². The molecule has 0 saturated carbocycles. The molecule has 0 saturated heterocycles. The van der Waals surface area contributed by atoms with Gasteiger partial charge in [0.05, 0.1) is 24.8 Å². The van der Waals surface area contributed by atoms with Crippen LogP contribution in [0.4, 0.5) is 0 Å². The lowest BCUT2D eigenvalue weighted by Gasteiger charge is -2.15. The quantitative estimate of drug-likeness (QED) is 0.661. The molecule has 0 spiro atoms. The van der Waals surface area contributed by atoms with Gasteiger partial charge in [-0.05, 0) is 38.1 Å². The molecule has 0 radical (unpaired) electrons. The zero-order chi connectivity index (χ0) is 18.7. The number of halogens is 1. The number of nitrogens with one attached hydrogen (secondary N) is 1. The van der Waals surface area contributed by atoms with Crippen molar-refractivity contribution in [1.29, 1.82) is 0 Å². The van der Waals surface area contributed by atoms with Crippen LogP contribution in [0.3, 0.4) is 0 Å². The van der Waals surface area contributed by atoms with Gasteiger partial charge in [-0.3, -0.25) is 4.79 Å². The molecule has 1 N–H and O–H groups in total. The molecule has 5 nitrogen and oxygen atoms in total. The maximum atomic E-state index is 12.6. The first-order valence-electron chi connectivity index (χ1n) is 8.33. The molecule has 1 amide bonds. The lowest BCUT2D eigenvalue weighted by atomic mass is 10.1. The highest BCUT2D eigenvalue weighted by Gasteiger charge is 2.19. The van der Waals surface area contributed by atoms with Gasteiger partial charge in [-0.25, -0.2) is 0 Å². The molecule has 3 aromatic rings. The molecule has 0 unspecified atom stereocenters. The van der Waals surface area contributed by atoms with Gasteiger partial charge in [0, 0.05) is 10.9 Å². The number of carbonyl (C=O) groups is 1. The normalized spacial score (nSPS) is 12.0. The van der Waals surface area contributed by atoms with Gasteiger partial charge in [0.1, 0.15) is 11.3 Å². The number of furan rings is 1. The second-order valence-corrected chi connectivity index (χ2v) is 6.21. The van der Waals surface area contributed by atoms with Crippen LogP contribution in [0, 0.1) is 0 Å². The van der Waals surface area contributed by atoms with Crippen LogP contribution in [0.2, 0.25) is 5.02 Å². The van der Waals surface area contributed by atoms with Gasteiger partial charge in [0.25, 0.3) is 5.91 Å². The van der Waals surface area contributed by atoms with E-state index in [4.69, 9.17) is 25.5 Å². The predicted octanol–water partition coefficient (Wildman–Crippen LogP) is 4.98. The van der Waals surface area contributed by atoms with Gasteiger partial charge in [0.15, 0.2) is 11.5 Å². The van der Waals surface area contributed by atoms with Crippen molar-refractivity contribution in [2.24, 2.45) is 0 Å². The van der Waals surface area contributed by atoms with Gasteiger partial charge in [-0.2, -0.15) is 0 Å². The molecule has 0 bridgehead atoms. The topological polar surface area (TPSA) is 60.7 Å². The molecule has 26 heavy (non-hydrogen) atoms. The summed E-state index contributed by atoms with van der Waals surface area (Å²) in [6.07, 6.45) is 0. The second kappa shape index (κ2) is 7.70. The standard InChI is InChI=1S/C20H20ClNO4/c1-4-25-19-15(21)9-14(11-18(19)24-3)20(23)22-12(2)17-10-13-7-5-6-8-16(13)26-17/h5-12H,4H2,1-3H3,(H,22,23)/t12-/m0/s1. The van der Waals surface area contributed by atoms with Crippen LogP contribution in [0.5, 0.6) is 11.5 Å². The first-order valence-corrected chi connectivity index (χ1v) is 8.71. The summed E-state index contributed by atoms with van der Waals surface area (Å²) in [4.78, 5) is 12.6. The Morgan fingerprint density at radius 1 is 1.27 bits per heavy atom. The van der Waals surface area contributed by atoms with Gasteiger partial charge in [-0.1, -0.05) is 29.8 Å². The number of hydrogen-bond acceptors (Lipinski definition) is 4. The van der Waals surface area contributed by atoms with Gasteiger partial charge >= 0.3 is 0 Å². The number of rotatable bonds is 6. The molecule has 0 aliphatic heterocycles. The van der Waals surface area contributed by atoms with Crippen LogP contribution in [0.1, 0.15) is 36.0 Å². The van der Waals surface area contributed by atoms with Crippen molar-refractivity contribution in [1.82, 2.24) is 5.32 Å². The van der Waals surface area contributed by atoms with Crippen LogP contribution < -0.4 is 14.8 Å². The lowest BCUT2D eigenvalue weighted by Crippen LogP contribution is -2.26.